The summed E-state index contributed by atoms with van der Waals surface area (Å²) in [6, 6.07) is -1.26. The highest BCUT2D eigenvalue weighted by molar-refractivity contribution is 7.99. The van der Waals surface area contributed by atoms with Crippen LogP contribution in [0.5, 0.6) is 0 Å². The van der Waals surface area contributed by atoms with Gasteiger partial charge in [-0.25, -0.2) is 4.79 Å². The topological polar surface area (TPSA) is 84.5 Å². The van der Waals surface area contributed by atoms with E-state index in [0.717, 1.165) is 0 Å². The smallest absolute Gasteiger partial charge is 0.329 e. The number of hydrogen-bond donors (Lipinski definition) is 2. The summed E-state index contributed by atoms with van der Waals surface area (Å²) in [7, 11) is 1.27. The lowest BCUT2D eigenvalue weighted by Crippen LogP contribution is -2.50. The van der Waals surface area contributed by atoms with Gasteiger partial charge in [0.2, 0.25) is 11.8 Å². The van der Waals surface area contributed by atoms with Gasteiger partial charge in [0.1, 0.15) is 12.1 Å². The van der Waals surface area contributed by atoms with Gasteiger partial charge < -0.3 is 15.4 Å². The van der Waals surface area contributed by atoms with Gasteiger partial charge in [-0.05, 0) is 6.42 Å². The Hall–Kier alpha value is -1.50. The highest BCUT2D eigenvalue weighted by Crippen LogP contribution is 2.09. The molecule has 2 amide bonds. The summed E-state index contributed by atoms with van der Waals surface area (Å²) >= 11 is 1.47. The summed E-state index contributed by atoms with van der Waals surface area (Å²) in [6.07, 6.45) is 2.52. The van der Waals surface area contributed by atoms with Crippen molar-refractivity contribution >= 4 is 29.5 Å². The van der Waals surface area contributed by atoms with E-state index in [2.05, 4.69) is 21.9 Å². The molecule has 0 aromatic carbocycles. The fourth-order valence-electron chi connectivity index (χ4n) is 1.66. The van der Waals surface area contributed by atoms with Crippen molar-refractivity contribution in [3.63, 3.8) is 0 Å². The van der Waals surface area contributed by atoms with Crippen LogP contribution in [0.2, 0.25) is 0 Å². The van der Waals surface area contributed by atoms with Gasteiger partial charge in [0.15, 0.2) is 0 Å². The van der Waals surface area contributed by atoms with Gasteiger partial charge >= 0.3 is 5.97 Å². The van der Waals surface area contributed by atoms with Gasteiger partial charge in [-0.2, -0.15) is 11.8 Å². The molecule has 1 aliphatic rings. The molecule has 2 N–H and O–H groups in total. The number of ether oxygens (including phenoxy) is 1. The predicted octanol–water partition coefficient (Wildman–Crippen LogP) is -0.158. The Morgan fingerprint density at radius 3 is 2.95 bits per heavy atom. The molecule has 0 aliphatic carbocycles. The van der Waals surface area contributed by atoms with Crippen molar-refractivity contribution in [1.82, 2.24) is 10.6 Å². The van der Waals surface area contributed by atoms with Gasteiger partial charge in [0, 0.05) is 17.9 Å². The summed E-state index contributed by atoms with van der Waals surface area (Å²) < 4.78 is 4.65. The Morgan fingerprint density at radius 1 is 1.68 bits per heavy atom. The van der Waals surface area contributed by atoms with Crippen LogP contribution < -0.4 is 10.6 Å². The lowest BCUT2D eigenvalue weighted by molar-refractivity contribution is -0.144. The second kappa shape index (κ2) is 7.83. The summed E-state index contributed by atoms with van der Waals surface area (Å²) in [5.74, 6) is 0.111. The Kier molecular flexibility index (Phi) is 6.41. The molecule has 19 heavy (non-hydrogen) atoms. The third kappa shape index (κ3) is 4.94. The predicted molar refractivity (Wildman–Crippen MR) is 72.6 cm³/mol. The van der Waals surface area contributed by atoms with Crippen molar-refractivity contribution in [2.45, 2.75) is 24.9 Å². The van der Waals surface area contributed by atoms with E-state index >= 15 is 0 Å². The van der Waals surface area contributed by atoms with Crippen molar-refractivity contribution in [3.8, 4) is 0 Å². The second-order valence-corrected chi connectivity index (χ2v) is 5.14. The van der Waals surface area contributed by atoms with Crippen molar-refractivity contribution in [2.75, 3.05) is 18.6 Å². The van der Waals surface area contributed by atoms with Gasteiger partial charge in [0.25, 0.3) is 0 Å². The molecule has 1 heterocycles. The number of methoxy groups -OCH3 is 1. The number of carbonyl (C=O) groups is 3. The van der Waals surface area contributed by atoms with E-state index in [1.54, 1.807) is 6.08 Å². The van der Waals surface area contributed by atoms with E-state index < -0.39 is 18.1 Å². The highest BCUT2D eigenvalue weighted by Gasteiger charge is 2.30. The van der Waals surface area contributed by atoms with E-state index in [1.165, 1.54) is 18.9 Å². The summed E-state index contributed by atoms with van der Waals surface area (Å²) in [5, 5.41) is 5.16. The third-order valence-corrected chi connectivity index (χ3v) is 3.67. The van der Waals surface area contributed by atoms with E-state index in [1.807, 2.05) is 0 Å². The number of rotatable bonds is 7. The Morgan fingerprint density at radius 2 is 2.42 bits per heavy atom. The number of hydrogen-bond acceptors (Lipinski definition) is 5. The Balaban J connectivity index is 2.50. The lowest BCUT2D eigenvalue weighted by atomic mass is 10.2. The summed E-state index contributed by atoms with van der Waals surface area (Å²) in [4.78, 5) is 34.5. The molecule has 0 radical (unpaired) electrons. The molecule has 1 rings (SSSR count). The van der Waals surface area contributed by atoms with Crippen LogP contribution in [-0.4, -0.2) is 48.5 Å². The molecule has 106 valence electrons. The van der Waals surface area contributed by atoms with E-state index in [4.69, 9.17) is 0 Å². The summed E-state index contributed by atoms with van der Waals surface area (Å²) in [5.41, 5.74) is 0. The monoisotopic (exact) mass is 286 g/mol. The average Bonchev–Trinajstić information content (AvgIpc) is 2.83. The number of thioether (sulfide) groups is 1. The highest BCUT2D eigenvalue weighted by atomic mass is 32.2. The zero-order valence-electron chi connectivity index (χ0n) is 10.8. The first-order chi connectivity index (χ1) is 9.08. The fourth-order valence-corrected chi connectivity index (χ4v) is 2.42. The lowest BCUT2D eigenvalue weighted by Gasteiger charge is -2.18. The van der Waals surface area contributed by atoms with Gasteiger partial charge in [0.05, 0.1) is 7.11 Å². The molecule has 7 heteroatoms. The van der Waals surface area contributed by atoms with E-state index in [9.17, 15) is 14.4 Å². The first-order valence-electron chi connectivity index (χ1n) is 5.94. The molecule has 1 aliphatic heterocycles. The number of esters is 1. The van der Waals surface area contributed by atoms with Gasteiger partial charge in [-0.15, -0.1) is 6.58 Å². The number of amides is 2. The van der Waals surface area contributed by atoms with Crippen LogP contribution in [0.4, 0.5) is 0 Å². The maximum absolute atomic E-state index is 11.9. The maximum atomic E-state index is 11.9. The molecule has 0 saturated carbocycles. The molecular weight excluding hydrogens is 268 g/mol. The third-order valence-electron chi connectivity index (χ3n) is 2.63. The average molecular weight is 286 g/mol. The van der Waals surface area contributed by atoms with Crippen molar-refractivity contribution < 1.29 is 19.1 Å². The molecule has 0 aromatic rings. The zero-order valence-corrected chi connectivity index (χ0v) is 11.6. The quantitative estimate of drug-likeness (QED) is 0.386. The molecule has 1 saturated heterocycles. The minimum atomic E-state index is -0.708. The van der Waals surface area contributed by atoms with Gasteiger partial charge in [-0.1, -0.05) is 6.08 Å². The molecule has 0 unspecified atom stereocenters. The first kappa shape index (κ1) is 15.6. The second-order valence-electron chi connectivity index (χ2n) is 4.07. The molecule has 2 atom stereocenters. The molecular formula is C12H18N2O4S. The van der Waals surface area contributed by atoms with Crippen LogP contribution in [0.3, 0.4) is 0 Å². The number of carbonyl (C=O) groups excluding carboxylic acids is 3. The summed E-state index contributed by atoms with van der Waals surface area (Å²) in [6.45, 7) is 3.58. The normalized spacial score (nSPS) is 19.4. The minimum absolute atomic E-state index is 0.143. The van der Waals surface area contributed by atoms with Crippen LogP contribution >= 0.6 is 11.8 Å². The molecule has 0 aromatic heterocycles. The van der Waals surface area contributed by atoms with Crippen LogP contribution in [0, 0.1) is 0 Å². The van der Waals surface area contributed by atoms with Crippen LogP contribution in [-0.2, 0) is 19.1 Å². The Labute approximate surface area is 116 Å². The van der Waals surface area contributed by atoms with Crippen LogP contribution in [0.15, 0.2) is 12.7 Å². The van der Waals surface area contributed by atoms with E-state index in [0.29, 0.717) is 24.3 Å². The standard InChI is InChI=1S/C12H18N2O4S/c1-3-6-19-7-9(12(17)18-2)14-11(16)8-4-5-10(15)13-8/h3,8-9H,1,4-7H2,2H3,(H,13,15)(H,14,16)/t8-,9-/m0/s1. The molecule has 1 fully saturated rings. The SMILES string of the molecule is C=CCSC[C@H](NC(=O)[C@@H]1CCC(=O)N1)C(=O)OC. The zero-order chi connectivity index (χ0) is 14.3. The fraction of sp³-hybridized carbons (Fsp3) is 0.583. The van der Waals surface area contributed by atoms with Crippen LogP contribution in [0.1, 0.15) is 12.8 Å². The first-order valence-corrected chi connectivity index (χ1v) is 7.10. The minimum Gasteiger partial charge on any atom is -0.467 e. The molecule has 6 nitrogen and oxygen atoms in total. The maximum Gasteiger partial charge on any atom is 0.329 e. The Bertz CT molecular complexity index is 373. The van der Waals surface area contributed by atoms with Crippen molar-refractivity contribution in [2.24, 2.45) is 0 Å². The molecule has 0 spiro atoms. The molecule has 0 bridgehead atoms. The van der Waals surface area contributed by atoms with E-state index in [-0.39, 0.29) is 11.8 Å². The van der Waals surface area contributed by atoms with Crippen molar-refractivity contribution in [3.05, 3.63) is 12.7 Å². The van der Waals surface area contributed by atoms with Crippen molar-refractivity contribution in [1.29, 1.82) is 0 Å². The van der Waals surface area contributed by atoms with Gasteiger partial charge in [-0.3, -0.25) is 9.59 Å². The largest absolute Gasteiger partial charge is 0.467 e. The number of nitrogens with one attached hydrogen (secondary N) is 2. The van der Waals surface area contributed by atoms with Crippen LogP contribution in [0.25, 0.3) is 0 Å².